The molecule has 88 valence electrons. The van der Waals surface area contributed by atoms with Gasteiger partial charge in [-0.1, -0.05) is 6.07 Å². The molecule has 1 aliphatic rings. The van der Waals surface area contributed by atoms with E-state index < -0.39 is 0 Å². The van der Waals surface area contributed by atoms with E-state index in [4.69, 9.17) is 10.5 Å². The molecular weight excluding hydrogens is 202 g/mol. The maximum atomic E-state index is 5.58. The first-order valence-corrected chi connectivity index (χ1v) is 5.79. The third kappa shape index (κ3) is 2.44. The quantitative estimate of drug-likeness (QED) is 0.831. The number of aromatic nitrogens is 1. The predicted octanol–water partition coefficient (Wildman–Crippen LogP) is 1.27. The first kappa shape index (κ1) is 11.2. The summed E-state index contributed by atoms with van der Waals surface area (Å²) in [6, 6.07) is 5.89. The molecule has 0 saturated carbocycles. The molecule has 0 bridgehead atoms. The number of methoxy groups -OCH3 is 1. The summed E-state index contributed by atoms with van der Waals surface area (Å²) < 4.78 is 5.13. The largest absolute Gasteiger partial charge is 0.481 e. The molecule has 2 rings (SSSR count). The Kier molecular flexibility index (Phi) is 3.62. The number of hydrogen-bond acceptors (Lipinski definition) is 4. The predicted molar refractivity (Wildman–Crippen MR) is 64.8 cm³/mol. The molecule has 1 aromatic heterocycles. The van der Waals surface area contributed by atoms with Gasteiger partial charge in [0, 0.05) is 19.2 Å². The number of nitrogens with two attached hydrogens (primary N) is 1. The van der Waals surface area contributed by atoms with Crippen LogP contribution < -0.4 is 15.4 Å². The van der Waals surface area contributed by atoms with Crippen molar-refractivity contribution in [3.8, 4) is 5.88 Å². The van der Waals surface area contributed by atoms with Gasteiger partial charge < -0.3 is 15.4 Å². The third-order valence-corrected chi connectivity index (χ3v) is 3.10. The summed E-state index contributed by atoms with van der Waals surface area (Å²) in [4.78, 5) is 6.75. The second-order valence-corrected chi connectivity index (χ2v) is 4.22. The van der Waals surface area contributed by atoms with Gasteiger partial charge in [0.2, 0.25) is 5.88 Å². The Morgan fingerprint density at radius 2 is 2.44 bits per heavy atom. The topological polar surface area (TPSA) is 51.4 Å². The van der Waals surface area contributed by atoms with Crippen LogP contribution in [0.25, 0.3) is 0 Å². The van der Waals surface area contributed by atoms with Gasteiger partial charge in [-0.2, -0.15) is 4.98 Å². The summed E-state index contributed by atoms with van der Waals surface area (Å²) in [5.41, 5.74) is 5.58. The summed E-state index contributed by atoms with van der Waals surface area (Å²) in [5, 5.41) is 0. The lowest BCUT2D eigenvalue weighted by Gasteiger charge is -2.17. The van der Waals surface area contributed by atoms with Crippen molar-refractivity contribution in [2.45, 2.75) is 12.8 Å². The van der Waals surface area contributed by atoms with Gasteiger partial charge in [0.05, 0.1) is 7.11 Å². The molecular formula is C12H19N3O. The number of nitrogens with zero attached hydrogens (tertiary/aromatic N) is 2. The Hall–Kier alpha value is -1.29. The molecule has 16 heavy (non-hydrogen) atoms. The average Bonchev–Trinajstić information content (AvgIpc) is 2.78. The molecule has 0 radical (unpaired) electrons. The number of ether oxygens (including phenoxy) is 1. The van der Waals surface area contributed by atoms with E-state index in [0.717, 1.165) is 37.8 Å². The van der Waals surface area contributed by atoms with Gasteiger partial charge in [-0.3, -0.25) is 0 Å². The van der Waals surface area contributed by atoms with Gasteiger partial charge >= 0.3 is 0 Å². The molecule has 0 aliphatic carbocycles. The number of rotatable bonds is 4. The lowest BCUT2D eigenvalue weighted by atomic mass is 10.1. The van der Waals surface area contributed by atoms with Crippen molar-refractivity contribution in [1.82, 2.24) is 4.98 Å². The van der Waals surface area contributed by atoms with E-state index in [1.807, 2.05) is 18.2 Å². The van der Waals surface area contributed by atoms with Crippen LogP contribution in [0.1, 0.15) is 12.8 Å². The minimum atomic E-state index is 0.680. The molecule has 1 unspecified atom stereocenters. The standard InChI is InChI=1S/C12H19N3O/c1-16-12-4-2-3-11(14-12)15-8-6-10(9-15)5-7-13/h2-4,10H,5-9,13H2,1H3. The van der Waals surface area contributed by atoms with Crippen LogP contribution in [0.2, 0.25) is 0 Å². The van der Waals surface area contributed by atoms with Crippen LogP contribution in [0.4, 0.5) is 5.82 Å². The van der Waals surface area contributed by atoms with Crippen LogP contribution in [-0.2, 0) is 0 Å². The Bertz CT molecular complexity index is 343. The van der Waals surface area contributed by atoms with E-state index in [2.05, 4.69) is 9.88 Å². The molecule has 1 atom stereocenters. The van der Waals surface area contributed by atoms with E-state index >= 15 is 0 Å². The summed E-state index contributed by atoms with van der Waals surface area (Å²) in [6.45, 7) is 2.92. The van der Waals surface area contributed by atoms with E-state index in [1.165, 1.54) is 6.42 Å². The zero-order valence-corrected chi connectivity index (χ0v) is 9.72. The van der Waals surface area contributed by atoms with Gasteiger partial charge in [-0.15, -0.1) is 0 Å². The summed E-state index contributed by atoms with van der Waals surface area (Å²) in [7, 11) is 1.65. The lowest BCUT2D eigenvalue weighted by Crippen LogP contribution is -2.21. The number of anilines is 1. The average molecular weight is 221 g/mol. The Labute approximate surface area is 96.4 Å². The highest BCUT2D eigenvalue weighted by Crippen LogP contribution is 2.25. The van der Waals surface area contributed by atoms with Crippen LogP contribution >= 0.6 is 0 Å². The monoisotopic (exact) mass is 221 g/mol. The second-order valence-electron chi connectivity index (χ2n) is 4.22. The highest BCUT2D eigenvalue weighted by Gasteiger charge is 2.22. The molecule has 1 aromatic rings. The van der Waals surface area contributed by atoms with Crippen LogP contribution in [0.5, 0.6) is 5.88 Å². The van der Waals surface area contributed by atoms with Crippen molar-refractivity contribution in [3.63, 3.8) is 0 Å². The van der Waals surface area contributed by atoms with Crippen LogP contribution in [0.15, 0.2) is 18.2 Å². The molecule has 1 saturated heterocycles. The van der Waals surface area contributed by atoms with Crippen LogP contribution in [0.3, 0.4) is 0 Å². The fraction of sp³-hybridized carbons (Fsp3) is 0.583. The first-order valence-electron chi connectivity index (χ1n) is 5.79. The van der Waals surface area contributed by atoms with Gasteiger partial charge in [-0.05, 0) is 31.4 Å². The molecule has 2 heterocycles. The van der Waals surface area contributed by atoms with Crippen molar-refractivity contribution in [2.24, 2.45) is 11.7 Å². The van der Waals surface area contributed by atoms with E-state index in [0.29, 0.717) is 5.88 Å². The van der Waals surface area contributed by atoms with Gasteiger partial charge in [-0.25, -0.2) is 0 Å². The smallest absolute Gasteiger partial charge is 0.214 e. The van der Waals surface area contributed by atoms with Crippen molar-refractivity contribution in [2.75, 3.05) is 31.6 Å². The molecule has 0 aromatic carbocycles. The minimum Gasteiger partial charge on any atom is -0.481 e. The normalized spacial score (nSPS) is 20.1. The maximum Gasteiger partial charge on any atom is 0.214 e. The van der Waals surface area contributed by atoms with Gasteiger partial charge in [0.25, 0.3) is 0 Å². The molecule has 1 aliphatic heterocycles. The fourth-order valence-corrected chi connectivity index (χ4v) is 2.21. The lowest BCUT2D eigenvalue weighted by molar-refractivity contribution is 0.398. The highest BCUT2D eigenvalue weighted by atomic mass is 16.5. The Morgan fingerprint density at radius 3 is 3.19 bits per heavy atom. The van der Waals surface area contributed by atoms with Crippen molar-refractivity contribution in [1.29, 1.82) is 0 Å². The molecule has 4 nitrogen and oxygen atoms in total. The summed E-state index contributed by atoms with van der Waals surface area (Å²) in [6.07, 6.45) is 2.33. The maximum absolute atomic E-state index is 5.58. The zero-order chi connectivity index (χ0) is 11.4. The highest BCUT2D eigenvalue weighted by molar-refractivity contribution is 5.41. The molecule has 4 heteroatoms. The van der Waals surface area contributed by atoms with Crippen LogP contribution in [0, 0.1) is 5.92 Å². The molecule has 1 fully saturated rings. The third-order valence-electron chi connectivity index (χ3n) is 3.10. The number of hydrogen-bond donors (Lipinski definition) is 1. The van der Waals surface area contributed by atoms with E-state index in [9.17, 15) is 0 Å². The van der Waals surface area contributed by atoms with Gasteiger partial charge in [0.15, 0.2) is 0 Å². The minimum absolute atomic E-state index is 0.680. The Balaban J connectivity index is 2.02. The zero-order valence-electron chi connectivity index (χ0n) is 9.72. The first-order chi connectivity index (χ1) is 7.83. The molecule has 0 spiro atoms. The fourth-order valence-electron chi connectivity index (χ4n) is 2.21. The van der Waals surface area contributed by atoms with E-state index in [1.54, 1.807) is 7.11 Å². The van der Waals surface area contributed by atoms with Crippen molar-refractivity contribution in [3.05, 3.63) is 18.2 Å². The van der Waals surface area contributed by atoms with Crippen molar-refractivity contribution < 1.29 is 4.74 Å². The van der Waals surface area contributed by atoms with Crippen LogP contribution in [-0.4, -0.2) is 31.7 Å². The number of pyridine rings is 1. The SMILES string of the molecule is COc1cccc(N2CCC(CCN)C2)n1. The van der Waals surface area contributed by atoms with E-state index in [-0.39, 0.29) is 0 Å². The second kappa shape index (κ2) is 5.16. The summed E-state index contributed by atoms with van der Waals surface area (Å²) in [5.74, 6) is 2.41. The Morgan fingerprint density at radius 1 is 1.56 bits per heavy atom. The summed E-state index contributed by atoms with van der Waals surface area (Å²) >= 11 is 0. The molecule has 0 amide bonds. The molecule has 2 N–H and O–H groups in total. The van der Waals surface area contributed by atoms with Crippen molar-refractivity contribution >= 4 is 5.82 Å². The van der Waals surface area contributed by atoms with Gasteiger partial charge in [0.1, 0.15) is 5.82 Å².